The van der Waals surface area contributed by atoms with Crippen LogP contribution in [0.2, 0.25) is 15.1 Å². The molecule has 0 aliphatic heterocycles. The minimum absolute atomic E-state index is 0.0272. The molecule has 0 aliphatic carbocycles. The number of hydrogen-bond acceptors (Lipinski definition) is 3. The van der Waals surface area contributed by atoms with Gasteiger partial charge < -0.3 is 0 Å². The number of rotatable bonds is 6. The van der Waals surface area contributed by atoms with Crippen molar-refractivity contribution in [2.45, 2.75) is 31.7 Å². The zero-order chi connectivity index (χ0) is 18.1. The molecule has 0 saturated heterocycles. The Bertz CT molecular complexity index is 869. The number of sulfonamides is 1. The zero-order valence-corrected chi connectivity index (χ0v) is 17.6. The molecule has 0 saturated carbocycles. The Morgan fingerprint density at radius 3 is 2.38 bits per heavy atom. The van der Waals surface area contributed by atoms with E-state index in [2.05, 4.69) is 25.8 Å². The van der Waals surface area contributed by atoms with Gasteiger partial charge in [0.05, 0.1) is 25.2 Å². The van der Waals surface area contributed by atoms with Crippen molar-refractivity contribution < 1.29 is 8.42 Å². The highest BCUT2D eigenvalue weighted by molar-refractivity contribution is 9.10. The zero-order valence-electron chi connectivity index (χ0n) is 12.9. The van der Waals surface area contributed by atoms with Gasteiger partial charge in [-0.1, -0.05) is 34.8 Å². The first-order valence-corrected chi connectivity index (χ1v) is 10.4. The molecule has 1 aromatic carbocycles. The van der Waals surface area contributed by atoms with Crippen molar-refractivity contribution in [3.8, 4) is 0 Å². The quantitative estimate of drug-likeness (QED) is 0.491. The second-order valence-corrected chi connectivity index (χ2v) is 8.91. The lowest BCUT2D eigenvalue weighted by atomic mass is 10.4. The van der Waals surface area contributed by atoms with Gasteiger partial charge in [0, 0.05) is 18.8 Å². The highest BCUT2D eigenvalue weighted by Gasteiger charge is 2.19. The topological polar surface area (TPSA) is 64.0 Å². The summed E-state index contributed by atoms with van der Waals surface area (Å²) in [6.07, 6.45) is 0.576. The standard InChI is InChI=1S/C14H15BrCl3N3O2S/c1-8-14(15)9(2)21(20-8)5-3-4-19-24(22,23)13-7-11(17)10(16)6-12(13)18/h6-7,19H,3-5H2,1-2H3. The van der Waals surface area contributed by atoms with Gasteiger partial charge in [0.25, 0.3) is 0 Å². The molecule has 2 rings (SSSR count). The van der Waals surface area contributed by atoms with Crippen LogP contribution >= 0.6 is 50.7 Å². The molecule has 24 heavy (non-hydrogen) atoms. The average Bonchev–Trinajstić information content (AvgIpc) is 2.74. The Hall–Kier alpha value is -0.310. The molecule has 2 aromatic rings. The van der Waals surface area contributed by atoms with Crippen LogP contribution in [0.25, 0.3) is 0 Å². The molecule has 0 amide bonds. The van der Waals surface area contributed by atoms with E-state index < -0.39 is 10.0 Å². The summed E-state index contributed by atoms with van der Waals surface area (Å²) in [6, 6.07) is 2.56. The van der Waals surface area contributed by atoms with Crippen molar-refractivity contribution in [3.63, 3.8) is 0 Å². The number of hydrogen-bond donors (Lipinski definition) is 1. The lowest BCUT2D eigenvalue weighted by molar-refractivity contribution is 0.544. The Balaban J connectivity index is 2.01. The Kier molecular flexibility index (Phi) is 6.61. The van der Waals surface area contributed by atoms with Gasteiger partial charge in [-0.25, -0.2) is 13.1 Å². The van der Waals surface area contributed by atoms with Crippen molar-refractivity contribution in [1.82, 2.24) is 14.5 Å². The number of aryl methyl sites for hydroxylation is 2. The van der Waals surface area contributed by atoms with E-state index in [1.807, 2.05) is 18.5 Å². The number of aromatic nitrogens is 2. The first-order chi connectivity index (χ1) is 11.1. The maximum atomic E-state index is 12.3. The van der Waals surface area contributed by atoms with Crippen LogP contribution in [0.5, 0.6) is 0 Å². The van der Waals surface area contributed by atoms with Crippen LogP contribution in [0.1, 0.15) is 17.8 Å². The highest BCUT2D eigenvalue weighted by Crippen LogP contribution is 2.31. The lowest BCUT2D eigenvalue weighted by Crippen LogP contribution is -2.26. The molecule has 0 unspecified atom stereocenters. The minimum Gasteiger partial charge on any atom is -0.268 e. The fourth-order valence-electron chi connectivity index (χ4n) is 2.12. The Labute approximate surface area is 164 Å². The van der Waals surface area contributed by atoms with Crippen LogP contribution in [0, 0.1) is 13.8 Å². The van der Waals surface area contributed by atoms with E-state index >= 15 is 0 Å². The van der Waals surface area contributed by atoms with Crippen LogP contribution in [0.4, 0.5) is 0 Å². The van der Waals surface area contributed by atoms with Gasteiger partial charge in [-0.3, -0.25) is 4.68 Å². The number of nitrogens with one attached hydrogen (secondary N) is 1. The summed E-state index contributed by atoms with van der Waals surface area (Å²) in [5.74, 6) is 0. The van der Waals surface area contributed by atoms with E-state index in [0.29, 0.717) is 13.0 Å². The molecule has 0 fully saturated rings. The van der Waals surface area contributed by atoms with E-state index in [-0.39, 0.29) is 26.5 Å². The largest absolute Gasteiger partial charge is 0.268 e. The molecule has 1 heterocycles. The summed E-state index contributed by atoms with van der Waals surface area (Å²) in [5, 5.41) is 4.74. The van der Waals surface area contributed by atoms with E-state index in [4.69, 9.17) is 34.8 Å². The molecular weight excluding hydrogens is 461 g/mol. The molecule has 0 spiro atoms. The number of halogens is 4. The smallest absolute Gasteiger partial charge is 0.242 e. The third kappa shape index (κ3) is 4.45. The van der Waals surface area contributed by atoms with Crippen LogP contribution in [-0.2, 0) is 16.6 Å². The summed E-state index contributed by atoms with van der Waals surface area (Å²) in [4.78, 5) is -0.0903. The van der Waals surface area contributed by atoms with E-state index in [1.165, 1.54) is 12.1 Å². The van der Waals surface area contributed by atoms with Gasteiger partial charge in [-0.05, 0) is 48.3 Å². The number of nitrogens with zero attached hydrogens (tertiary/aromatic N) is 2. The van der Waals surface area contributed by atoms with Crippen molar-refractivity contribution in [1.29, 1.82) is 0 Å². The predicted octanol–water partition coefficient (Wildman–Crippen LogP) is 4.59. The molecule has 0 aliphatic rings. The van der Waals surface area contributed by atoms with Gasteiger partial charge in [0.2, 0.25) is 10.0 Å². The summed E-state index contributed by atoms with van der Waals surface area (Å²) < 4.78 is 30.0. The molecule has 10 heteroatoms. The van der Waals surface area contributed by atoms with E-state index in [1.54, 1.807) is 0 Å². The van der Waals surface area contributed by atoms with Gasteiger partial charge in [-0.2, -0.15) is 5.10 Å². The monoisotopic (exact) mass is 473 g/mol. The molecule has 1 aromatic heterocycles. The second kappa shape index (κ2) is 7.93. The molecule has 0 bridgehead atoms. The van der Waals surface area contributed by atoms with Crippen LogP contribution in [0.15, 0.2) is 21.5 Å². The average molecular weight is 476 g/mol. The van der Waals surface area contributed by atoms with Gasteiger partial charge >= 0.3 is 0 Å². The van der Waals surface area contributed by atoms with E-state index in [9.17, 15) is 8.42 Å². The molecule has 1 N–H and O–H groups in total. The van der Waals surface area contributed by atoms with Gasteiger partial charge in [0.1, 0.15) is 4.90 Å². The van der Waals surface area contributed by atoms with Crippen molar-refractivity contribution in [3.05, 3.63) is 43.1 Å². The van der Waals surface area contributed by atoms with Gasteiger partial charge in [-0.15, -0.1) is 0 Å². The normalized spacial score (nSPS) is 11.9. The minimum atomic E-state index is -3.76. The van der Waals surface area contributed by atoms with Gasteiger partial charge in [0.15, 0.2) is 0 Å². The summed E-state index contributed by atoms with van der Waals surface area (Å²) in [7, 11) is -3.76. The third-order valence-electron chi connectivity index (χ3n) is 3.40. The van der Waals surface area contributed by atoms with Crippen molar-refractivity contribution >= 4 is 60.8 Å². The SMILES string of the molecule is Cc1nn(CCCNS(=O)(=O)c2cc(Cl)c(Cl)cc2Cl)c(C)c1Br. The van der Waals surface area contributed by atoms with E-state index in [0.717, 1.165) is 15.9 Å². The summed E-state index contributed by atoms with van der Waals surface area (Å²) in [5.41, 5.74) is 1.90. The third-order valence-corrected chi connectivity index (χ3v) is 7.19. The highest BCUT2D eigenvalue weighted by atomic mass is 79.9. The van der Waals surface area contributed by atoms with Crippen molar-refractivity contribution in [2.75, 3.05) is 6.54 Å². The first-order valence-electron chi connectivity index (χ1n) is 6.97. The number of benzene rings is 1. The predicted molar refractivity (Wildman–Crippen MR) is 101 cm³/mol. The summed E-state index contributed by atoms with van der Waals surface area (Å²) in [6.45, 7) is 4.69. The molecule has 0 radical (unpaired) electrons. The first kappa shape index (κ1) is 20.0. The maximum Gasteiger partial charge on any atom is 0.242 e. The fourth-order valence-corrected chi connectivity index (χ4v) is 4.47. The summed E-state index contributed by atoms with van der Waals surface area (Å²) >= 11 is 21.1. The van der Waals surface area contributed by atoms with Crippen LogP contribution in [0.3, 0.4) is 0 Å². The second-order valence-electron chi connectivity index (χ2n) is 5.16. The fraction of sp³-hybridized carbons (Fsp3) is 0.357. The Morgan fingerprint density at radius 2 is 1.79 bits per heavy atom. The Morgan fingerprint density at radius 1 is 1.17 bits per heavy atom. The lowest BCUT2D eigenvalue weighted by Gasteiger charge is -2.10. The maximum absolute atomic E-state index is 12.3. The van der Waals surface area contributed by atoms with Crippen LogP contribution in [-0.4, -0.2) is 24.7 Å². The van der Waals surface area contributed by atoms with Crippen LogP contribution < -0.4 is 4.72 Å². The molecular formula is C14H15BrCl3N3O2S. The molecule has 5 nitrogen and oxygen atoms in total. The molecule has 0 atom stereocenters. The van der Waals surface area contributed by atoms with Crippen molar-refractivity contribution in [2.24, 2.45) is 0 Å². The molecule has 132 valence electrons.